The van der Waals surface area contributed by atoms with Crippen molar-refractivity contribution >= 4 is 15.9 Å². The van der Waals surface area contributed by atoms with Gasteiger partial charge in [-0.25, -0.2) is 0 Å². The van der Waals surface area contributed by atoms with E-state index in [1.54, 1.807) is 7.11 Å². The zero-order valence-corrected chi connectivity index (χ0v) is 12.0. The molecular weight excluding hydrogens is 264 g/mol. The van der Waals surface area contributed by atoms with Crippen molar-refractivity contribution in [1.82, 2.24) is 0 Å². The molecule has 90 valence electrons. The smallest absolute Gasteiger partial charge is 0.120 e. The molecule has 0 saturated heterocycles. The number of ether oxygens (including phenoxy) is 1. The third-order valence-corrected chi connectivity index (χ3v) is 3.62. The highest BCUT2D eigenvalue weighted by Gasteiger charge is 2.05. The molecule has 1 rings (SSSR count). The maximum Gasteiger partial charge on any atom is 0.120 e. The first-order chi connectivity index (χ1) is 7.69. The number of hydrogen-bond donors (Lipinski definition) is 0. The van der Waals surface area contributed by atoms with E-state index >= 15 is 0 Å². The van der Waals surface area contributed by atoms with E-state index in [9.17, 15) is 0 Å². The molecule has 0 aliphatic carbocycles. The van der Waals surface area contributed by atoms with Crippen LogP contribution in [0.25, 0.3) is 0 Å². The second kappa shape index (κ2) is 6.95. The molecule has 0 saturated carbocycles. The zero-order chi connectivity index (χ0) is 12.0. The first-order valence-corrected chi connectivity index (χ1v) is 6.82. The summed E-state index contributed by atoms with van der Waals surface area (Å²) in [5, 5.41) is 0. The highest BCUT2D eigenvalue weighted by atomic mass is 79.9. The Hall–Kier alpha value is -0.500. The number of hydrogen-bond acceptors (Lipinski definition) is 1. The summed E-state index contributed by atoms with van der Waals surface area (Å²) >= 11 is 3.51. The molecule has 0 aromatic heterocycles. The topological polar surface area (TPSA) is 9.23 Å². The van der Waals surface area contributed by atoms with E-state index in [-0.39, 0.29) is 0 Å². The molecular formula is C14H21BrO. The standard InChI is InChI=1S/C14H21BrO/c1-4-11(5-2)6-7-12-8-13(15)10-14(9-12)16-3/h8-11H,4-7H2,1-3H3. The lowest BCUT2D eigenvalue weighted by Crippen LogP contribution is -1.99. The predicted octanol–water partition coefficient (Wildman–Crippen LogP) is 4.83. The number of aryl methyl sites for hydroxylation is 1. The van der Waals surface area contributed by atoms with Gasteiger partial charge in [-0.2, -0.15) is 0 Å². The molecule has 0 heterocycles. The van der Waals surface area contributed by atoms with Crippen LogP contribution in [0.15, 0.2) is 22.7 Å². The van der Waals surface area contributed by atoms with E-state index in [1.807, 2.05) is 6.07 Å². The van der Waals surface area contributed by atoms with Gasteiger partial charge in [0, 0.05) is 4.47 Å². The maximum absolute atomic E-state index is 5.27. The van der Waals surface area contributed by atoms with Crippen molar-refractivity contribution in [3.8, 4) is 5.75 Å². The van der Waals surface area contributed by atoms with E-state index in [0.717, 1.165) is 22.6 Å². The van der Waals surface area contributed by atoms with Crippen LogP contribution in [0.1, 0.15) is 38.7 Å². The highest BCUT2D eigenvalue weighted by Crippen LogP contribution is 2.24. The predicted molar refractivity (Wildman–Crippen MR) is 73.1 cm³/mol. The fourth-order valence-electron chi connectivity index (χ4n) is 1.95. The molecule has 0 aliphatic heterocycles. The van der Waals surface area contributed by atoms with Gasteiger partial charge in [0.25, 0.3) is 0 Å². The summed E-state index contributed by atoms with van der Waals surface area (Å²) in [6.07, 6.45) is 4.97. The van der Waals surface area contributed by atoms with E-state index in [2.05, 4.69) is 41.9 Å². The van der Waals surface area contributed by atoms with Gasteiger partial charge in [-0.3, -0.25) is 0 Å². The van der Waals surface area contributed by atoms with Crippen LogP contribution in [0, 0.1) is 5.92 Å². The Morgan fingerprint density at radius 3 is 2.44 bits per heavy atom. The summed E-state index contributed by atoms with van der Waals surface area (Å²) in [6.45, 7) is 4.55. The minimum atomic E-state index is 0.852. The second-order valence-corrected chi connectivity index (χ2v) is 5.14. The summed E-state index contributed by atoms with van der Waals surface area (Å²) in [5.74, 6) is 1.79. The van der Waals surface area contributed by atoms with Crippen LogP contribution in [-0.4, -0.2) is 7.11 Å². The molecule has 0 spiro atoms. The summed E-state index contributed by atoms with van der Waals surface area (Å²) in [6, 6.07) is 6.32. The molecule has 0 radical (unpaired) electrons. The van der Waals surface area contributed by atoms with Gasteiger partial charge in [-0.15, -0.1) is 0 Å². The Kier molecular flexibility index (Phi) is 5.89. The van der Waals surface area contributed by atoms with Gasteiger partial charge < -0.3 is 4.74 Å². The molecule has 0 bridgehead atoms. The average molecular weight is 285 g/mol. The Bertz CT molecular complexity index is 319. The number of rotatable bonds is 6. The van der Waals surface area contributed by atoms with Gasteiger partial charge in [0.15, 0.2) is 0 Å². The summed E-state index contributed by atoms with van der Waals surface area (Å²) in [5.41, 5.74) is 1.36. The molecule has 0 N–H and O–H groups in total. The molecule has 1 nitrogen and oxygen atoms in total. The average Bonchev–Trinajstić information content (AvgIpc) is 2.29. The van der Waals surface area contributed by atoms with Gasteiger partial charge in [0.2, 0.25) is 0 Å². The number of halogens is 1. The van der Waals surface area contributed by atoms with Crippen LogP contribution in [-0.2, 0) is 6.42 Å². The van der Waals surface area contributed by atoms with Crippen molar-refractivity contribution in [3.05, 3.63) is 28.2 Å². The van der Waals surface area contributed by atoms with Crippen LogP contribution in [0.5, 0.6) is 5.75 Å². The molecule has 0 unspecified atom stereocenters. The van der Waals surface area contributed by atoms with Crippen molar-refractivity contribution in [3.63, 3.8) is 0 Å². The first-order valence-electron chi connectivity index (χ1n) is 6.03. The molecule has 0 atom stereocenters. The summed E-state index contributed by atoms with van der Waals surface area (Å²) in [7, 11) is 1.71. The third kappa shape index (κ3) is 4.17. The molecule has 1 aromatic rings. The highest BCUT2D eigenvalue weighted by molar-refractivity contribution is 9.10. The minimum absolute atomic E-state index is 0.852. The second-order valence-electron chi connectivity index (χ2n) is 4.22. The molecule has 2 heteroatoms. The Balaban J connectivity index is 2.62. The minimum Gasteiger partial charge on any atom is -0.497 e. The largest absolute Gasteiger partial charge is 0.497 e. The van der Waals surface area contributed by atoms with E-state index in [4.69, 9.17) is 4.74 Å². The lowest BCUT2D eigenvalue weighted by atomic mass is 9.95. The van der Waals surface area contributed by atoms with Crippen molar-refractivity contribution in [2.45, 2.75) is 39.5 Å². The molecule has 1 aromatic carbocycles. The van der Waals surface area contributed by atoms with Crippen molar-refractivity contribution < 1.29 is 4.74 Å². The van der Waals surface area contributed by atoms with Gasteiger partial charge in [0.05, 0.1) is 7.11 Å². The lowest BCUT2D eigenvalue weighted by molar-refractivity contribution is 0.413. The Morgan fingerprint density at radius 2 is 1.88 bits per heavy atom. The van der Waals surface area contributed by atoms with Crippen LogP contribution in [0.3, 0.4) is 0 Å². The molecule has 0 amide bonds. The van der Waals surface area contributed by atoms with Gasteiger partial charge in [0.1, 0.15) is 5.75 Å². The normalized spacial score (nSPS) is 10.8. The van der Waals surface area contributed by atoms with Gasteiger partial charge >= 0.3 is 0 Å². The summed E-state index contributed by atoms with van der Waals surface area (Å²) in [4.78, 5) is 0. The lowest BCUT2D eigenvalue weighted by Gasteiger charge is -2.12. The SMILES string of the molecule is CCC(CC)CCc1cc(Br)cc(OC)c1. The third-order valence-electron chi connectivity index (χ3n) is 3.16. The molecule has 16 heavy (non-hydrogen) atoms. The van der Waals surface area contributed by atoms with E-state index in [1.165, 1.54) is 24.8 Å². The van der Waals surface area contributed by atoms with Crippen LogP contribution < -0.4 is 4.74 Å². The van der Waals surface area contributed by atoms with Crippen molar-refractivity contribution in [2.75, 3.05) is 7.11 Å². The Labute approximate surface area is 107 Å². The van der Waals surface area contributed by atoms with Crippen LogP contribution >= 0.6 is 15.9 Å². The van der Waals surface area contributed by atoms with E-state index < -0.39 is 0 Å². The van der Waals surface area contributed by atoms with E-state index in [0.29, 0.717) is 0 Å². The number of benzene rings is 1. The van der Waals surface area contributed by atoms with Crippen LogP contribution in [0.4, 0.5) is 0 Å². The quantitative estimate of drug-likeness (QED) is 0.727. The Morgan fingerprint density at radius 1 is 1.19 bits per heavy atom. The first kappa shape index (κ1) is 13.6. The number of methoxy groups -OCH3 is 1. The molecule has 0 fully saturated rings. The van der Waals surface area contributed by atoms with Crippen LogP contribution in [0.2, 0.25) is 0 Å². The monoisotopic (exact) mass is 284 g/mol. The fraction of sp³-hybridized carbons (Fsp3) is 0.571. The zero-order valence-electron chi connectivity index (χ0n) is 10.4. The fourth-order valence-corrected chi connectivity index (χ4v) is 2.47. The van der Waals surface area contributed by atoms with Gasteiger partial charge in [-0.05, 0) is 42.5 Å². The van der Waals surface area contributed by atoms with Gasteiger partial charge in [-0.1, -0.05) is 42.6 Å². The summed E-state index contributed by atoms with van der Waals surface area (Å²) < 4.78 is 6.37. The maximum atomic E-state index is 5.27. The molecule has 0 aliphatic rings. The van der Waals surface area contributed by atoms with Crippen molar-refractivity contribution in [2.24, 2.45) is 5.92 Å². The van der Waals surface area contributed by atoms with Crippen molar-refractivity contribution in [1.29, 1.82) is 0 Å².